The maximum atomic E-state index is 5.00. The molecule has 2 aromatic heterocycles. The lowest BCUT2D eigenvalue weighted by molar-refractivity contribution is 0.152. The molecule has 2 aliphatic heterocycles. The van der Waals surface area contributed by atoms with Crippen molar-refractivity contribution in [3.8, 4) is 5.69 Å². The molecule has 3 aromatic rings. The van der Waals surface area contributed by atoms with E-state index in [0.717, 1.165) is 18.5 Å². The molecule has 23 heavy (non-hydrogen) atoms. The van der Waals surface area contributed by atoms with E-state index in [1.54, 1.807) is 0 Å². The summed E-state index contributed by atoms with van der Waals surface area (Å²) in [7, 11) is 0. The van der Waals surface area contributed by atoms with Crippen LogP contribution in [0.4, 0.5) is 0 Å². The van der Waals surface area contributed by atoms with Gasteiger partial charge in [0.15, 0.2) is 0 Å². The smallest absolute Gasteiger partial charge is 0.111 e. The first-order chi connectivity index (χ1) is 11.4. The van der Waals surface area contributed by atoms with Gasteiger partial charge >= 0.3 is 0 Å². The molecule has 1 atom stereocenters. The molecule has 1 fully saturated rings. The second-order valence-electron chi connectivity index (χ2n) is 6.83. The van der Waals surface area contributed by atoms with Crippen molar-refractivity contribution in [2.24, 2.45) is 0 Å². The molecule has 4 heteroatoms. The number of imidazole rings is 1. The molecule has 0 spiro atoms. The quantitative estimate of drug-likeness (QED) is 0.690. The van der Waals surface area contributed by atoms with Crippen LogP contribution in [0.5, 0.6) is 0 Å². The molecule has 0 bridgehead atoms. The van der Waals surface area contributed by atoms with Gasteiger partial charge in [0.25, 0.3) is 0 Å². The SMILES string of the molecule is c1ccn(-c2ccc3c(c2)nc2n3CCN3CCCCC3C2)c1. The number of fused-ring (bicyclic) bond motifs is 4. The molecule has 0 radical (unpaired) electrons. The minimum atomic E-state index is 0.700. The van der Waals surface area contributed by atoms with Crippen LogP contribution in [0.1, 0.15) is 25.1 Å². The summed E-state index contributed by atoms with van der Waals surface area (Å²) in [6, 6.07) is 11.5. The summed E-state index contributed by atoms with van der Waals surface area (Å²) in [6.45, 7) is 3.51. The van der Waals surface area contributed by atoms with Crippen molar-refractivity contribution in [1.82, 2.24) is 19.0 Å². The largest absolute Gasteiger partial charge is 0.327 e. The fourth-order valence-corrected chi connectivity index (χ4v) is 4.27. The standard InChI is InChI=1S/C19H22N4/c1-2-8-22-11-12-23-18-7-6-16(21-9-3-4-10-21)13-17(18)20-19(23)14-15(22)5-1/h3-4,6-7,9-10,13,15H,1-2,5,8,11-12,14H2. The van der Waals surface area contributed by atoms with Gasteiger partial charge in [-0.15, -0.1) is 0 Å². The highest BCUT2D eigenvalue weighted by atomic mass is 15.2. The van der Waals surface area contributed by atoms with Gasteiger partial charge in [0.1, 0.15) is 5.82 Å². The summed E-state index contributed by atoms with van der Waals surface area (Å²) >= 11 is 0. The van der Waals surface area contributed by atoms with Gasteiger partial charge in [-0.1, -0.05) is 6.42 Å². The Morgan fingerprint density at radius 2 is 1.91 bits per heavy atom. The molecule has 0 aliphatic carbocycles. The van der Waals surface area contributed by atoms with Gasteiger partial charge in [0, 0.05) is 43.6 Å². The van der Waals surface area contributed by atoms with Gasteiger partial charge in [-0.05, 0) is 49.7 Å². The molecule has 118 valence electrons. The lowest BCUT2D eigenvalue weighted by atomic mass is 10.00. The zero-order chi connectivity index (χ0) is 15.2. The van der Waals surface area contributed by atoms with Crippen LogP contribution in [0.3, 0.4) is 0 Å². The third-order valence-electron chi connectivity index (χ3n) is 5.49. The highest BCUT2D eigenvalue weighted by Gasteiger charge is 2.27. The minimum Gasteiger partial charge on any atom is -0.327 e. The van der Waals surface area contributed by atoms with E-state index in [0.29, 0.717) is 6.04 Å². The van der Waals surface area contributed by atoms with Crippen molar-refractivity contribution in [2.75, 3.05) is 13.1 Å². The van der Waals surface area contributed by atoms with Crippen molar-refractivity contribution in [1.29, 1.82) is 0 Å². The summed E-state index contributed by atoms with van der Waals surface area (Å²) in [6.07, 6.45) is 9.34. The van der Waals surface area contributed by atoms with Gasteiger partial charge in [0.05, 0.1) is 11.0 Å². The Labute approximate surface area is 136 Å². The van der Waals surface area contributed by atoms with Crippen molar-refractivity contribution in [3.63, 3.8) is 0 Å². The van der Waals surface area contributed by atoms with E-state index < -0.39 is 0 Å². The summed E-state index contributed by atoms with van der Waals surface area (Å²) in [5.41, 5.74) is 3.61. The predicted molar refractivity (Wildman–Crippen MR) is 92.0 cm³/mol. The summed E-state index contributed by atoms with van der Waals surface area (Å²) in [5.74, 6) is 1.28. The molecular weight excluding hydrogens is 284 g/mol. The fourth-order valence-electron chi connectivity index (χ4n) is 4.27. The summed E-state index contributed by atoms with van der Waals surface area (Å²) in [4.78, 5) is 7.68. The van der Waals surface area contributed by atoms with Crippen LogP contribution in [0.15, 0.2) is 42.7 Å². The fraction of sp³-hybridized carbons (Fsp3) is 0.421. The Hall–Kier alpha value is -2.07. The molecule has 0 saturated carbocycles. The van der Waals surface area contributed by atoms with Crippen LogP contribution in [0.25, 0.3) is 16.7 Å². The van der Waals surface area contributed by atoms with Gasteiger partial charge in [-0.3, -0.25) is 4.90 Å². The van der Waals surface area contributed by atoms with Crippen LogP contribution in [0, 0.1) is 0 Å². The molecule has 0 N–H and O–H groups in total. The Morgan fingerprint density at radius 1 is 1.00 bits per heavy atom. The second kappa shape index (κ2) is 5.24. The monoisotopic (exact) mass is 306 g/mol. The Balaban J connectivity index is 1.56. The lowest BCUT2D eigenvalue weighted by Gasteiger charge is -2.33. The number of hydrogen-bond donors (Lipinski definition) is 0. The molecule has 4 nitrogen and oxygen atoms in total. The summed E-state index contributed by atoms with van der Waals surface area (Å²) in [5, 5.41) is 0. The normalized spacial score (nSPS) is 21.8. The average molecular weight is 306 g/mol. The maximum absolute atomic E-state index is 5.00. The van der Waals surface area contributed by atoms with Crippen molar-refractivity contribution in [2.45, 2.75) is 38.3 Å². The Morgan fingerprint density at radius 3 is 2.83 bits per heavy atom. The zero-order valence-electron chi connectivity index (χ0n) is 13.4. The zero-order valence-corrected chi connectivity index (χ0v) is 13.4. The van der Waals surface area contributed by atoms with Crippen LogP contribution in [-0.4, -0.2) is 38.1 Å². The van der Waals surface area contributed by atoms with Crippen LogP contribution in [0.2, 0.25) is 0 Å². The highest BCUT2D eigenvalue weighted by Crippen LogP contribution is 2.27. The van der Waals surface area contributed by atoms with Gasteiger partial charge in [-0.25, -0.2) is 4.98 Å². The van der Waals surface area contributed by atoms with Crippen LogP contribution >= 0.6 is 0 Å². The van der Waals surface area contributed by atoms with E-state index in [2.05, 4.69) is 56.8 Å². The number of aromatic nitrogens is 3. The third kappa shape index (κ3) is 2.20. The lowest BCUT2D eigenvalue weighted by Crippen LogP contribution is -2.40. The molecule has 5 rings (SSSR count). The van der Waals surface area contributed by atoms with E-state index in [1.807, 2.05) is 0 Å². The molecular formula is C19H22N4. The Bertz CT molecular complexity index is 831. The predicted octanol–water partition coefficient (Wildman–Crippen LogP) is 3.24. The number of benzene rings is 1. The molecule has 1 unspecified atom stereocenters. The minimum absolute atomic E-state index is 0.700. The highest BCUT2D eigenvalue weighted by molar-refractivity contribution is 5.78. The Kier molecular flexibility index (Phi) is 3.05. The number of piperidine rings is 1. The molecule has 1 saturated heterocycles. The first-order valence-electron chi connectivity index (χ1n) is 8.75. The number of hydrogen-bond acceptors (Lipinski definition) is 2. The van der Waals surface area contributed by atoms with E-state index >= 15 is 0 Å². The third-order valence-corrected chi connectivity index (χ3v) is 5.49. The second-order valence-corrected chi connectivity index (χ2v) is 6.83. The van der Waals surface area contributed by atoms with Crippen LogP contribution in [-0.2, 0) is 13.0 Å². The van der Waals surface area contributed by atoms with Crippen molar-refractivity contribution in [3.05, 3.63) is 48.5 Å². The number of rotatable bonds is 1. The first-order valence-corrected chi connectivity index (χ1v) is 8.75. The number of nitrogens with zero attached hydrogens (tertiary/aromatic N) is 4. The summed E-state index contributed by atoms with van der Waals surface area (Å²) < 4.78 is 4.60. The van der Waals surface area contributed by atoms with Gasteiger partial charge in [0.2, 0.25) is 0 Å². The van der Waals surface area contributed by atoms with E-state index in [-0.39, 0.29) is 0 Å². The topological polar surface area (TPSA) is 26.0 Å². The van der Waals surface area contributed by atoms with Gasteiger partial charge in [-0.2, -0.15) is 0 Å². The van der Waals surface area contributed by atoms with Crippen molar-refractivity contribution < 1.29 is 0 Å². The van der Waals surface area contributed by atoms with Gasteiger partial charge < -0.3 is 9.13 Å². The van der Waals surface area contributed by atoms with Crippen LogP contribution < -0.4 is 0 Å². The molecule has 0 amide bonds. The van der Waals surface area contributed by atoms with Crippen molar-refractivity contribution >= 4 is 11.0 Å². The van der Waals surface area contributed by atoms with E-state index in [1.165, 1.54) is 49.4 Å². The first kappa shape index (κ1) is 13.4. The molecule has 4 heterocycles. The molecule has 1 aromatic carbocycles. The maximum Gasteiger partial charge on any atom is 0.111 e. The average Bonchev–Trinajstić information content (AvgIpc) is 3.18. The van der Waals surface area contributed by atoms with E-state index in [4.69, 9.17) is 4.98 Å². The molecule has 2 aliphatic rings. The van der Waals surface area contributed by atoms with E-state index in [9.17, 15) is 0 Å².